The van der Waals surface area contributed by atoms with Crippen molar-refractivity contribution in [1.82, 2.24) is 9.80 Å². The first-order valence-corrected chi connectivity index (χ1v) is 10.9. The average Bonchev–Trinajstić information content (AvgIpc) is 2.75. The highest BCUT2D eigenvalue weighted by Crippen LogP contribution is 2.14. The van der Waals surface area contributed by atoms with E-state index in [4.69, 9.17) is 11.6 Å². The molecule has 0 bridgehead atoms. The normalized spacial score (nSPS) is 13.8. The van der Waals surface area contributed by atoms with Gasteiger partial charge in [0.05, 0.1) is 11.5 Å². The van der Waals surface area contributed by atoms with Crippen LogP contribution in [0.2, 0.25) is 5.02 Å². The lowest BCUT2D eigenvalue weighted by Crippen LogP contribution is -2.51. The van der Waals surface area contributed by atoms with Crippen molar-refractivity contribution in [2.75, 3.05) is 43.0 Å². The van der Waals surface area contributed by atoms with Crippen LogP contribution < -0.4 is 5.32 Å². The number of halogens is 2. The molecule has 1 aliphatic heterocycles. The first kappa shape index (κ1) is 22.1. The minimum atomic E-state index is -0.372. The topological polar surface area (TPSA) is 69.7 Å². The largest absolute Gasteiger partial charge is 0.338 e. The highest BCUT2D eigenvalue weighted by Gasteiger charge is 2.24. The maximum absolute atomic E-state index is 12.9. The van der Waals surface area contributed by atoms with E-state index >= 15 is 0 Å². The zero-order chi connectivity index (χ0) is 21.5. The smallest absolute Gasteiger partial charge is 0.253 e. The first-order chi connectivity index (χ1) is 14.4. The molecule has 0 radical (unpaired) electrons. The summed E-state index contributed by atoms with van der Waals surface area (Å²) in [4.78, 5) is 40.2. The molecule has 3 amide bonds. The van der Waals surface area contributed by atoms with Crippen LogP contribution in [0.25, 0.3) is 0 Å². The molecule has 0 atom stereocenters. The third kappa shape index (κ3) is 6.21. The van der Waals surface area contributed by atoms with Crippen LogP contribution in [0.3, 0.4) is 0 Å². The number of nitrogens with zero attached hydrogens (tertiary/aromatic N) is 2. The van der Waals surface area contributed by atoms with Gasteiger partial charge in [-0.15, -0.1) is 11.8 Å². The summed E-state index contributed by atoms with van der Waals surface area (Å²) < 4.78 is 12.9. The molecule has 1 heterocycles. The van der Waals surface area contributed by atoms with Gasteiger partial charge in [-0.25, -0.2) is 4.39 Å². The molecule has 1 saturated heterocycles. The predicted molar refractivity (Wildman–Crippen MR) is 116 cm³/mol. The van der Waals surface area contributed by atoms with Crippen molar-refractivity contribution in [2.24, 2.45) is 0 Å². The molecule has 0 unspecified atom stereocenters. The number of benzene rings is 2. The summed E-state index contributed by atoms with van der Waals surface area (Å²) in [7, 11) is 0. The van der Waals surface area contributed by atoms with E-state index < -0.39 is 0 Å². The fourth-order valence-corrected chi connectivity index (χ4v) is 3.83. The molecule has 1 aliphatic rings. The summed E-state index contributed by atoms with van der Waals surface area (Å²) in [5, 5.41) is 3.23. The monoisotopic (exact) mass is 449 g/mol. The van der Waals surface area contributed by atoms with E-state index in [1.165, 1.54) is 36.0 Å². The fraction of sp³-hybridized carbons (Fsp3) is 0.286. The van der Waals surface area contributed by atoms with E-state index in [9.17, 15) is 18.8 Å². The molecule has 158 valence electrons. The van der Waals surface area contributed by atoms with Crippen LogP contribution >= 0.6 is 23.4 Å². The van der Waals surface area contributed by atoms with E-state index in [-0.39, 0.29) is 35.0 Å². The van der Waals surface area contributed by atoms with Gasteiger partial charge in [-0.2, -0.15) is 0 Å². The minimum Gasteiger partial charge on any atom is -0.338 e. The van der Waals surface area contributed by atoms with Crippen molar-refractivity contribution in [3.63, 3.8) is 0 Å². The Kier molecular flexibility index (Phi) is 7.70. The molecule has 1 N–H and O–H groups in total. The highest BCUT2D eigenvalue weighted by molar-refractivity contribution is 8.00. The summed E-state index contributed by atoms with van der Waals surface area (Å²) in [6, 6.07) is 12.2. The van der Waals surface area contributed by atoms with Crippen LogP contribution in [0.5, 0.6) is 0 Å². The first-order valence-electron chi connectivity index (χ1n) is 9.38. The molecule has 1 fully saturated rings. The van der Waals surface area contributed by atoms with E-state index in [1.54, 1.807) is 34.1 Å². The van der Waals surface area contributed by atoms with Gasteiger partial charge in [0.15, 0.2) is 0 Å². The Morgan fingerprint density at radius 2 is 1.50 bits per heavy atom. The lowest BCUT2D eigenvalue weighted by atomic mass is 10.2. The number of carbonyl (C=O) groups excluding carboxylic acids is 3. The number of piperazine rings is 1. The zero-order valence-corrected chi connectivity index (χ0v) is 17.7. The Morgan fingerprint density at radius 3 is 2.13 bits per heavy atom. The summed E-state index contributed by atoms with van der Waals surface area (Å²) in [5.41, 5.74) is 1.08. The molecule has 3 rings (SSSR count). The number of nitrogens with one attached hydrogen (secondary N) is 1. The maximum atomic E-state index is 12.9. The van der Waals surface area contributed by atoms with Crippen molar-refractivity contribution in [2.45, 2.75) is 0 Å². The molecule has 2 aromatic rings. The molecule has 0 aliphatic carbocycles. The second kappa shape index (κ2) is 10.4. The average molecular weight is 450 g/mol. The van der Waals surface area contributed by atoms with Crippen LogP contribution in [0.4, 0.5) is 10.1 Å². The van der Waals surface area contributed by atoms with Gasteiger partial charge in [0.1, 0.15) is 5.82 Å². The minimum absolute atomic E-state index is 0.0619. The molecule has 0 saturated carbocycles. The zero-order valence-electron chi connectivity index (χ0n) is 16.1. The van der Waals surface area contributed by atoms with Gasteiger partial charge in [0.25, 0.3) is 5.91 Å². The Balaban J connectivity index is 1.37. The van der Waals surface area contributed by atoms with Gasteiger partial charge >= 0.3 is 0 Å². The van der Waals surface area contributed by atoms with Gasteiger partial charge in [-0.3, -0.25) is 14.4 Å². The summed E-state index contributed by atoms with van der Waals surface area (Å²) in [6.07, 6.45) is 0. The number of hydrogen-bond donors (Lipinski definition) is 1. The van der Waals surface area contributed by atoms with Crippen LogP contribution in [0.15, 0.2) is 48.5 Å². The number of anilines is 1. The van der Waals surface area contributed by atoms with Gasteiger partial charge in [0, 0.05) is 42.5 Å². The Hall–Kier alpha value is -2.58. The number of rotatable bonds is 6. The molecule has 30 heavy (non-hydrogen) atoms. The molecular formula is C21H21ClFN3O3S. The number of thioether (sulfide) groups is 1. The summed E-state index contributed by atoms with van der Waals surface area (Å²) >= 11 is 7.07. The van der Waals surface area contributed by atoms with Crippen molar-refractivity contribution < 1.29 is 18.8 Å². The third-order valence-electron chi connectivity index (χ3n) is 4.60. The summed E-state index contributed by atoms with van der Waals surface area (Å²) in [6.45, 7) is 1.84. The predicted octanol–water partition coefficient (Wildman–Crippen LogP) is 3.14. The second-order valence-corrected chi connectivity index (χ2v) is 8.15. The number of carbonyl (C=O) groups is 3. The van der Waals surface area contributed by atoms with Crippen LogP contribution in [0, 0.1) is 5.82 Å². The highest BCUT2D eigenvalue weighted by atomic mass is 35.5. The van der Waals surface area contributed by atoms with Crippen molar-refractivity contribution >= 4 is 46.8 Å². The van der Waals surface area contributed by atoms with E-state index in [0.29, 0.717) is 42.5 Å². The number of amides is 3. The lowest BCUT2D eigenvalue weighted by molar-refractivity contribution is -0.129. The van der Waals surface area contributed by atoms with Gasteiger partial charge in [-0.1, -0.05) is 11.6 Å². The molecule has 0 spiro atoms. The quantitative estimate of drug-likeness (QED) is 0.735. The third-order valence-corrected chi connectivity index (χ3v) is 5.77. The second-order valence-electron chi connectivity index (χ2n) is 6.73. The van der Waals surface area contributed by atoms with E-state index in [0.717, 1.165) is 0 Å². The van der Waals surface area contributed by atoms with Crippen LogP contribution in [-0.4, -0.2) is 65.2 Å². The number of hydrogen-bond acceptors (Lipinski definition) is 4. The van der Waals surface area contributed by atoms with Crippen LogP contribution in [-0.2, 0) is 9.59 Å². The van der Waals surface area contributed by atoms with Crippen molar-refractivity contribution in [3.8, 4) is 0 Å². The maximum Gasteiger partial charge on any atom is 0.253 e. The van der Waals surface area contributed by atoms with Gasteiger partial charge in [-0.05, 0) is 48.5 Å². The van der Waals surface area contributed by atoms with Gasteiger partial charge in [0.2, 0.25) is 11.8 Å². The molecule has 6 nitrogen and oxygen atoms in total. The SMILES string of the molecule is O=C(CSCC(=O)N1CCN(C(=O)c2ccc(Cl)cc2)CC1)Nc1ccc(F)cc1. The van der Waals surface area contributed by atoms with E-state index in [2.05, 4.69) is 5.32 Å². The summed E-state index contributed by atoms with van der Waals surface area (Å²) in [5.74, 6) is -0.459. The van der Waals surface area contributed by atoms with Gasteiger partial charge < -0.3 is 15.1 Å². The van der Waals surface area contributed by atoms with E-state index in [1.807, 2.05) is 0 Å². The standard InChI is InChI=1S/C21H21ClFN3O3S/c22-16-3-1-15(2-4-16)21(29)26-11-9-25(10-12-26)20(28)14-30-13-19(27)24-18-7-5-17(23)6-8-18/h1-8H,9-14H2,(H,24,27). The Labute approximate surface area is 183 Å². The van der Waals surface area contributed by atoms with Crippen molar-refractivity contribution in [3.05, 3.63) is 64.9 Å². The lowest BCUT2D eigenvalue weighted by Gasteiger charge is -2.34. The fourth-order valence-electron chi connectivity index (χ4n) is 2.99. The van der Waals surface area contributed by atoms with Crippen molar-refractivity contribution in [1.29, 1.82) is 0 Å². The van der Waals surface area contributed by atoms with Crippen LogP contribution in [0.1, 0.15) is 10.4 Å². The molecular weight excluding hydrogens is 429 g/mol. The Morgan fingerprint density at radius 1 is 0.900 bits per heavy atom. The molecule has 2 aromatic carbocycles. The molecule has 0 aromatic heterocycles. The Bertz CT molecular complexity index is 901. The molecule has 9 heteroatoms.